The van der Waals surface area contributed by atoms with Gasteiger partial charge in [-0.15, -0.1) is 0 Å². The molecule has 1 atom stereocenters. The van der Waals surface area contributed by atoms with Crippen molar-refractivity contribution in [2.75, 3.05) is 29.6 Å². The highest BCUT2D eigenvalue weighted by atomic mass is 32.2. The van der Waals surface area contributed by atoms with E-state index in [0.717, 1.165) is 29.6 Å². The summed E-state index contributed by atoms with van der Waals surface area (Å²) in [6.07, 6.45) is 4.32. The Morgan fingerprint density at radius 2 is 2.35 bits per heavy atom. The van der Waals surface area contributed by atoms with Crippen LogP contribution in [0.25, 0.3) is 10.9 Å². The number of aromatic nitrogens is 2. The molecule has 92 valence electrons. The minimum absolute atomic E-state index is 0.705. The van der Waals surface area contributed by atoms with Crippen LogP contribution < -0.4 is 11.1 Å². The standard InChI is InChI=1S/C11H16N4OS/c1-17(16)4-2-3-13-11-6-10-8(5-9(11)12)7-14-15-10/h5-7,13H,2-4,12H2,1H3,(H,14,15). The van der Waals surface area contributed by atoms with Crippen molar-refractivity contribution in [1.82, 2.24) is 10.2 Å². The third kappa shape index (κ3) is 2.97. The van der Waals surface area contributed by atoms with Crippen molar-refractivity contribution in [3.63, 3.8) is 0 Å². The summed E-state index contributed by atoms with van der Waals surface area (Å²) in [5, 5.41) is 11.1. The predicted molar refractivity (Wildman–Crippen MR) is 72.5 cm³/mol. The number of anilines is 2. The Bertz CT molecular complexity index is 537. The summed E-state index contributed by atoms with van der Waals surface area (Å²) in [5.41, 5.74) is 8.48. The van der Waals surface area contributed by atoms with E-state index in [1.807, 2.05) is 12.1 Å². The fourth-order valence-corrected chi connectivity index (χ4v) is 2.21. The number of fused-ring (bicyclic) bond motifs is 1. The highest BCUT2D eigenvalue weighted by molar-refractivity contribution is 7.84. The van der Waals surface area contributed by atoms with Crippen LogP contribution in [0.4, 0.5) is 11.4 Å². The molecule has 0 fully saturated rings. The lowest BCUT2D eigenvalue weighted by molar-refractivity contribution is 0.685. The molecule has 0 saturated heterocycles. The highest BCUT2D eigenvalue weighted by Crippen LogP contribution is 2.24. The zero-order valence-corrected chi connectivity index (χ0v) is 10.5. The van der Waals surface area contributed by atoms with Gasteiger partial charge in [-0.2, -0.15) is 5.10 Å². The lowest BCUT2D eigenvalue weighted by atomic mass is 10.2. The Kier molecular flexibility index (Phi) is 3.63. The Hall–Kier alpha value is -1.56. The van der Waals surface area contributed by atoms with Crippen LogP contribution in [-0.2, 0) is 10.8 Å². The predicted octanol–water partition coefficient (Wildman–Crippen LogP) is 1.33. The first kappa shape index (κ1) is 11.9. The number of benzene rings is 1. The summed E-state index contributed by atoms with van der Waals surface area (Å²) in [4.78, 5) is 0. The van der Waals surface area contributed by atoms with E-state index in [0.29, 0.717) is 11.4 Å². The Balaban J connectivity index is 2.02. The molecule has 0 aliphatic carbocycles. The first-order chi connectivity index (χ1) is 8.16. The second-order valence-corrected chi connectivity index (χ2v) is 5.51. The van der Waals surface area contributed by atoms with E-state index in [1.165, 1.54) is 0 Å². The number of H-pyrrole nitrogens is 1. The third-order valence-corrected chi connectivity index (χ3v) is 3.40. The molecule has 0 aliphatic heterocycles. The van der Waals surface area contributed by atoms with Crippen LogP contribution in [0.2, 0.25) is 0 Å². The summed E-state index contributed by atoms with van der Waals surface area (Å²) in [6.45, 7) is 0.767. The van der Waals surface area contributed by atoms with Crippen molar-refractivity contribution >= 4 is 33.1 Å². The molecule has 0 amide bonds. The molecule has 2 aromatic rings. The second kappa shape index (κ2) is 5.18. The molecule has 1 unspecified atom stereocenters. The van der Waals surface area contributed by atoms with Crippen molar-refractivity contribution in [3.05, 3.63) is 18.3 Å². The molecule has 0 saturated carbocycles. The topological polar surface area (TPSA) is 83.8 Å². The van der Waals surface area contributed by atoms with Crippen LogP contribution in [0, 0.1) is 0 Å². The van der Waals surface area contributed by atoms with E-state index < -0.39 is 10.8 Å². The number of nitrogens with two attached hydrogens (primary N) is 1. The molecule has 0 radical (unpaired) electrons. The number of nitrogen functional groups attached to an aromatic ring is 1. The largest absolute Gasteiger partial charge is 0.397 e. The van der Waals surface area contributed by atoms with Crippen LogP contribution in [0.3, 0.4) is 0 Å². The van der Waals surface area contributed by atoms with Gasteiger partial charge >= 0.3 is 0 Å². The minimum Gasteiger partial charge on any atom is -0.397 e. The fraction of sp³-hybridized carbons (Fsp3) is 0.364. The molecule has 0 aliphatic rings. The highest BCUT2D eigenvalue weighted by Gasteiger charge is 2.03. The Morgan fingerprint density at radius 3 is 3.12 bits per heavy atom. The van der Waals surface area contributed by atoms with Crippen molar-refractivity contribution < 1.29 is 4.21 Å². The normalized spacial score (nSPS) is 12.8. The number of aromatic amines is 1. The molecule has 1 aromatic carbocycles. The summed E-state index contributed by atoms with van der Waals surface area (Å²) in [5.74, 6) is 0.708. The smallest absolute Gasteiger partial charge is 0.0672 e. The van der Waals surface area contributed by atoms with Crippen molar-refractivity contribution in [2.45, 2.75) is 6.42 Å². The third-order valence-electron chi connectivity index (χ3n) is 2.53. The lowest BCUT2D eigenvalue weighted by Crippen LogP contribution is -2.07. The van der Waals surface area contributed by atoms with E-state index in [2.05, 4.69) is 15.5 Å². The molecule has 6 heteroatoms. The quantitative estimate of drug-likeness (QED) is 0.553. The SMILES string of the molecule is CS(=O)CCCNc1cc2[nH]ncc2cc1N. The van der Waals surface area contributed by atoms with Gasteiger partial charge < -0.3 is 11.1 Å². The first-order valence-electron chi connectivity index (χ1n) is 5.43. The Labute approximate surface area is 102 Å². The summed E-state index contributed by atoms with van der Waals surface area (Å²) < 4.78 is 10.9. The van der Waals surface area contributed by atoms with Crippen LogP contribution in [0.5, 0.6) is 0 Å². The maximum absolute atomic E-state index is 10.9. The van der Waals surface area contributed by atoms with Crippen molar-refractivity contribution in [1.29, 1.82) is 0 Å². The lowest BCUT2D eigenvalue weighted by Gasteiger charge is -2.08. The maximum Gasteiger partial charge on any atom is 0.0672 e. The van der Waals surface area contributed by atoms with E-state index >= 15 is 0 Å². The molecular formula is C11H16N4OS. The van der Waals surface area contributed by atoms with Gasteiger partial charge in [0, 0.05) is 34.7 Å². The summed E-state index contributed by atoms with van der Waals surface area (Å²) in [7, 11) is -0.732. The molecule has 1 heterocycles. The number of hydrogen-bond acceptors (Lipinski definition) is 4. The van der Waals surface area contributed by atoms with E-state index in [4.69, 9.17) is 5.73 Å². The van der Waals surface area contributed by atoms with Gasteiger partial charge in [0.1, 0.15) is 0 Å². The number of nitrogens with one attached hydrogen (secondary N) is 2. The zero-order valence-electron chi connectivity index (χ0n) is 9.69. The monoisotopic (exact) mass is 252 g/mol. The molecule has 0 spiro atoms. The zero-order chi connectivity index (χ0) is 12.3. The average Bonchev–Trinajstić information content (AvgIpc) is 2.71. The second-order valence-electron chi connectivity index (χ2n) is 3.95. The molecule has 17 heavy (non-hydrogen) atoms. The van der Waals surface area contributed by atoms with Gasteiger partial charge in [-0.05, 0) is 18.6 Å². The van der Waals surface area contributed by atoms with E-state index in [9.17, 15) is 4.21 Å². The maximum atomic E-state index is 10.9. The van der Waals surface area contributed by atoms with Crippen LogP contribution >= 0.6 is 0 Å². The van der Waals surface area contributed by atoms with E-state index in [1.54, 1.807) is 12.5 Å². The van der Waals surface area contributed by atoms with Crippen molar-refractivity contribution in [2.24, 2.45) is 0 Å². The molecular weight excluding hydrogens is 236 g/mol. The molecule has 0 bridgehead atoms. The average molecular weight is 252 g/mol. The number of rotatable bonds is 5. The molecule has 1 aromatic heterocycles. The number of nitrogens with zero attached hydrogens (tertiary/aromatic N) is 1. The van der Waals surface area contributed by atoms with Gasteiger partial charge in [0.2, 0.25) is 0 Å². The van der Waals surface area contributed by atoms with Gasteiger partial charge in [-0.25, -0.2) is 0 Å². The van der Waals surface area contributed by atoms with Gasteiger partial charge in [0.25, 0.3) is 0 Å². The van der Waals surface area contributed by atoms with Crippen LogP contribution in [0.1, 0.15) is 6.42 Å². The molecule has 5 nitrogen and oxygen atoms in total. The van der Waals surface area contributed by atoms with Gasteiger partial charge in [0.15, 0.2) is 0 Å². The van der Waals surface area contributed by atoms with Crippen LogP contribution in [0.15, 0.2) is 18.3 Å². The van der Waals surface area contributed by atoms with E-state index in [-0.39, 0.29) is 0 Å². The Morgan fingerprint density at radius 1 is 1.53 bits per heavy atom. The van der Waals surface area contributed by atoms with Crippen LogP contribution in [-0.4, -0.2) is 33.0 Å². The summed E-state index contributed by atoms with van der Waals surface area (Å²) in [6, 6.07) is 3.83. The fourth-order valence-electron chi connectivity index (χ4n) is 1.66. The van der Waals surface area contributed by atoms with Gasteiger partial charge in [-0.3, -0.25) is 9.31 Å². The minimum atomic E-state index is -0.732. The summed E-state index contributed by atoms with van der Waals surface area (Å²) >= 11 is 0. The van der Waals surface area contributed by atoms with Gasteiger partial charge in [-0.1, -0.05) is 0 Å². The molecule has 2 rings (SSSR count). The first-order valence-corrected chi connectivity index (χ1v) is 7.16. The van der Waals surface area contributed by atoms with Gasteiger partial charge in [0.05, 0.1) is 23.1 Å². The van der Waals surface area contributed by atoms with Crippen molar-refractivity contribution in [3.8, 4) is 0 Å². The number of hydrogen-bond donors (Lipinski definition) is 3. The molecule has 4 N–H and O–H groups in total.